The average Bonchev–Trinajstić information content (AvgIpc) is 2.79. The van der Waals surface area contributed by atoms with Gasteiger partial charge in [0.05, 0.1) is 38.2 Å². The minimum absolute atomic E-state index is 0.167. The highest BCUT2D eigenvalue weighted by atomic mass is 32.1. The van der Waals surface area contributed by atoms with Crippen LogP contribution >= 0.6 is 11.3 Å². The maximum Gasteiger partial charge on any atom is 0.350 e. The first-order valence-corrected chi connectivity index (χ1v) is 9.20. The first-order chi connectivity index (χ1) is 12.5. The van der Waals surface area contributed by atoms with E-state index in [1.54, 1.807) is 6.92 Å². The molecule has 0 bridgehead atoms. The summed E-state index contributed by atoms with van der Waals surface area (Å²) in [5.41, 5.74) is 1.21. The van der Waals surface area contributed by atoms with E-state index >= 15 is 0 Å². The average molecular weight is 379 g/mol. The molecule has 9 heteroatoms. The van der Waals surface area contributed by atoms with Crippen molar-refractivity contribution < 1.29 is 24.2 Å². The van der Waals surface area contributed by atoms with Crippen LogP contribution in [-0.2, 0) is 9.47 Å². The standard InChI is InChI=1S/C17H21N3O5S/c1-3-25-16(22)14-13(12-5-4-10(2)18-15(12)26-14)19-17(23)20-6-7-24-9-11(21)8-20/h4-5,11,21H,3,6-9H2,1-2H3,(H,19,23)/t11-/m1/s1. The van der Waals surface area contributed by atoms with Crippen LogP contribution in [0.2, 0.25) is 0 Å². The van der Waals surface area contributed by atoms with Crippen molar-refractivity contribution >= 4 is 39.2 Å². The number of aliphatic hydroxyl groups excluding tert-OH is 1. The number of rotatable bonds is 3. The van der Waals surface area contributed by atoms with E-state index in [-0.39, 0.29) is 19.8 Å². The van der Waals surface area contributed by atoms with Gasteiger partial charge in [0.1, 0.15) is 9.71 Å². The summed E-state index contributed by atoms with van der Waals surface area (Å²) in [4.78, 5) is 31.9. The third-order valence-electron chi connectivity index (χ3n) is 3.92. The fraction of sp³-hybridized carbons (Fsp3) is 0.471. The Morgan fingerprint density at radius 3 is 3.08 bits per heavy atom. The van der Waals surface area contributed by atoms with Crippen molar-refractivity contribution in [2.24, 2.45) is 0 Å². The number of anilines is 1. The minimum atomic E-state index is -0.740. The number of thiophene rings is 1. The molecule has 0 spiro atoms. The Bertz CT molecular complexity index is 822. The lowest BCUT2D eigenvalue weighted by Gasteiger charge is -2.22. The van der Waals surface area contributed by atoms with Gasteiger partial charge in [0.15, 0.2) is 0 Å². The molecule has 0 aromatic carbocycles. The minimum Gasteiger partial charge on any atom is -0.462 e. The van der Waals surface area contributed by atoms with E-state index in [4.69, 9.17) is 9.47 Å². The number of hydrogen-bond acceptors (Lipinski definition) is 7. The normalized spacial score (nSPS) is 17.8. The monoisotopic (exact) mass is 379 g/mol. The van der Waals surface area contributed by atoms with Crippen molar-refractivity contribution in [2.75, 3.05) is 38.2 Å². The molecule has 1 saturated heterocycles. The maximum atomic E-state index is 12.7. The van der Waals surface area contributed by atoms with Gasteiger partial charge in [-0.25, -0.2) is 14.6 Å². The maximum absolute atomic E-state index is 12.7. The first kappa shape index (κ1) is 18.6. The van der Waals surface area contributed by atoms with Crippen LogP contribution < -0.4 is 5.32 Å². The van der Waals surface area contributed by atoms with Gasteiger partial charge in [0.25, 0.3) is 0 Å². The fourth-order valence-corrected chi connectivity index (χ4v) is 3.77. The Morgan fingerprint density at radius 1 is 1.50 bits per heavy atom. The molecule has 0 unspecified atom stereocenters. The number of aromatic nitrogens is 1. The highest BCUT2D eigenvalue weighted by Gasteiger charge is 2.26. The summed E-state index contributed by atoms with van der Waals surface area (Å²) in [6, 6.07) is 3.25. The second-order valence-electron chi connectivity index (χ2n) is 5.94. The molecule has 26 heavy (non-hydrogen) atoms. The second kappa shape index (κ2) is 7.98. The number of β-amino-alcohol motifs (C(OH)–C–C–N with tert-alkyl or cyclic N) is 1. The molecule has 0 saturated carbocycles. The van der Waals surface area contributed by atoms with E-state index in [0.717, 1.165) is 5.69 Å². The quantitative estimate of drug-likeness (QED) is 0.791. The molecule has 2 N–H and O–H groups in total. The highest BCUT2D eigenvalue weighted by molar-refractivity contribution is 7.21. The number of carbonyl (C=O) groups is 2. The number of amides is 2. The lowest BCUT2D eigenvalue weighted by atomic mass is 10.2. The summed E-state index contributed by atoms with van der Waals surface area (Å²) >= 11 is 1.19. The lowest BCUT2D eigenvalue weighted by Crippen LogP contribution is -2.40. The predicted molar refractivity (Wildman–Crippen MR) is 97.7 cm³/mol. The predicted octanol–water partition coefficient (Wildman–Crippen LogP) is 2.01. The third-order valence-corrected chi connectivity index (χ3v) is 5.00. The Labute approximate surface area is 154 Å². The van der Waals surface area contributed by atoms with Gasteiger partial charge in [0, 0.05) is 17.6 Å². The molecular weight excluding hydrogens is 358 g/mol. The number of urea groups is 1. The molecule has 0 aliphatic carbocycles. The summed E-state index contributed by atoms with van der Waals surface area (Å²) in [6.45, 7) is 4.90. The Balaban J connectivity index is 1.93. The SMILES string of the molecule is CCOC(=O)c1sc2nc(C)ccc2c1NC(=O)N1CCOC[C@H](O)C1. The van der Waals surface area contributed by atoms with Crippen LogP contribution in [0.5, 0.6) is 0 Å². The van der Waals surface area contributed by atoms with E-state index in [2.05, 4.69) is 10.3 Å². The summed E-state index contributed by atoms with van der Waals surface area (Å²) in [5.74, 6) is -0.498. The molecule has 1 fully saturated rings. The van der Waals surface area contributed by atoms with Gasteiger partial charge in [-0.3, -0.25) is 0 Å². The van der Waals surface area contributed by atoms with Gasteiger partial charge in [0.2, 0.25) is 0 Å². The summed E-state index contributed by atoms with van der Waals surface area (Å²) < 4.78 is 10.4. The van der Waals surface area contributed by atoms with Crippen LogP contribution in [0.4, 0.5) is 10.5 Å². The molecule has 1 aliphatic rings. The fourth-order valence-electron chi connectivity index (χ4n) is 2.70. The van der Waals surface area contributed by atoms with Gasteiger partial charge < -0.3 is 24.8 Å². The van der Waals surface area contributed by atoms with Crippen molar-refractivity contribution in [1.82, 2.24) is 9.88 Å². The van der Waals surface area contributed by atoms with Gasteiger partial charge in [-0.2, -0.15) is 0 Å². The van der Waals surface area contributed by atoms with Crippen LogP contribution in [0.15, 0.2) is 12.1 Å². The van der Waals surface area contributed by atoms with E-state index in [1.807, 2.05) is 19.1 Å². The van der Waals surface area contributed by atoms with Crippen LogP contribution in [0.3, 0.4) is 0 Å². The molecule has 0 radical (unpaired) electrons. The van der Waals surface area contributed by atoms with E-state index in [0.29, 0.717) is 33.9 Å². The largest absolute Gasteiger partial charge is 0.462 e. The van der Waals surface area contributed by atoms with Crippen molar-refractivity contribution in [3.63, 3.8) is 0 Å². The van der Waals surface area contributed by atoms with Gasteiger partial charge >= 0.3 is 12.0 Å². The molecule has 2 aromatic rings. The molecule has 140 valence electrons. The zero-order valence-electron chi connectivity index (χ0n) is 14.7. The lowest BCUT2D eigenvalue weighted by molar-refractivity contribution is 0.0533. The smallest absolute Gasteiger partial charge is 0.350 e. The van der Waals surface area contributed by atoms with Gasteiger partial charge in [-0.05, 0) is 26.0 Å². The zero-order chi connectivity index (χ0) is 18.7. The topological polar surface area (TPSA) is 101 Å². The number of carbonyl (C=O) groups excluding carboxylic acids is 2. The number of ether oxygens (including phenoxy) is 2. The summed E-state index contributed by atoms with van der Waals surface area (Å²) in [7, 11) is 0. The van der Waals surface area contributed by atoms with Crippen LogP contribution in [0, 0.1) is 6.92 Å². The molecule has 8 nitrogen and oxygen atoms in total. The van der Waals surface area contributed by atoms with E-state index < -0.39 is 18.1 Å². The summed E-state index contributed by atoms with van der Waals surface area (Å²) in [6.07, 6.45) is -0.740. The molecule has 1 atom stereocenters. The molecule has 1 aliphatic heterocycles. The number of nitrogens with one attached hydrogen (secondary N) is 1. The van der Waals surface area contributed by atoms with Crippen LogP contribution in [0.1, 0.15) is 22.3 Å². The number of esters is 1. The highest BCUT2D eigenvalue weighted by Crippen LogP contribution is 2.35. The molecule has 3 rings (SSSR count). The Morgan fingerprint density at radius 2 is 2.31 bits per heavy atom. The van der Waals surface area contributed by atoms with Gasteiger partial charge in [-0.15, -0.1) is 11.3 Å². The van der Waals surface area contributed by atoms with Crippen LogP contribution in [-0.4, -0.2) is 66.0 Å². The van der Waals surface area contributed by atoms with Gasteiger partial charge in [-0.1, -0.05) is 0 Å². The number of pyridine rings is 1. The molecular formula is C17H21N3O5S. The Kier molecular flexibility index (Phi) is 5.70. The van der Waals surface area contributed by atoms with E-state index in [1.165, 1.54) is 16.2 Å². The number of nitrogens with zero attached hydrogens (tertiary/aromatic N) is 2. The number of aliphatic hydroxyl groups is 1. The first-order valence-electron chi connectivity index (χ1n) is 8.38. The summed E-state index contributed by atoms with van der Waals surface area (Å²) in [5, 5.41) is 13.3. The molecule has 2 aromatic heterocycles. The van der Waals surface area contributed by atoms with Crippen molar-refractivity contribution in [3.8, 4) is 0 Å². The number of fused-ring (bicyclic) bond motifs is 1. The zero-order valence-corrected chi connectivity index (χ0v) is 15.5. The van der Waals surface area contributed by atoms with Crippen molar-refractivity contribution in [2.45, 2.75) is 20.0 Å². The number of hydrogen-bond donors (Lipinski definition) is 2. The van der Waals surface area contributed by atoms with Crippen molar-refractivity contribution in [3.05, 3.63) is 22.7 Å². The molecule has 2 amide bonds. The third kappa shape index (κ3) is 3.95. The van der Waals surface area contributed by atoms with E-state index in [9.17, 15) is 14.7 Å². The van der Waals surface area contributed by atoms with Crippen molar-refractivity contribution in [1.29, 1.82) is 0 Å². The Hall–Kier alpha value is -2.23. The molecule has 3 heterocycles. The number of aryl methyl sites for hydroxylation is 1. The second-order valence-corrected chi connectivity index (χ2v) is 6.94. The van der Waals surface area contributed by atoms with Crippen LogP contribution in [0.25, 0.3) is 10.2 Å².